The van der Waals surface area contributed by atoms with Crippen molar-refractivity contribution in [3.63, 3.8) is 0 Å². The number of benzene rings is 1. The van der Waals surface area contributed by atoms with Crippen LogP contribution < -0.4 is 5.73 Å². The molecule has 0 atom stereocenters. The number of anilines is 1. The summed E-state index contributed by atoms with van der Waals surface area (Å²) in [6.45, 7) is 1.99. The fourth-order valence-electron chi connectivity index (χ4n) is 1.92. The Labute approximate surface area is 102 Å². The van der Waals surface area contributed by atoms with E-state index in [4.69, 9.17) is 21.9 Å². The van der Waals surface area contributed by atoms with Crippen LogP contribution in [0.2, 0.25) is 5.02 Å². The first kappa shape index (κ1) is 10.2. The summed E-state index contributed by atoms with van der Waals surface area (Å²) in [5, 5.41) is 5.49. The van der Waals surface area contributed by atoms with Crippen LogP contribution in [0.15, 0.2) is 28.8 Å². The van der Waals surface area contributed by atoms with Crippen LogP contribution >= 0.6 is 11.6 Å². The normalized spacial score (nSPS) is 11.2. The number of nitrogens with one attached hydrogen (secondary N) is 1. The van der Waals surface area contributed by atoms with Gasteiger partial charge >= 0.3 is 0 Å². The van der Waals surface area contributed by atoms with Gasteiger partial charge in [-0.3, -0.25) is 0 Å². The second-order valence-electron chi connectivity index (χ2n) is 3.96. The van der Waals surface area contributed by atoms with Crippen LogP contribution in [0, 0.1) is 6.92 Å². The van der Waals surface area contributed by atoms with Gasteiger partial charge in [0.25, 0.3) is 0 Å². The Morgan fingerprint density at radius 1 is 1.35 bits per heavy atom. The summed E-state index contributed by atoms with van der Waals surface area (Å²) in [6, 6.07) is 7.53. The Balaban J connectivity index is 2.27. The Kier molecular flexibility index (Phi) is 2.12. The second-order valence-corrected chi connectivity index (χ2v) is 4.33. The maximum Gasteiger partial charge on any atom is 0.222 e. The van der Waals surface area contributed by atoms with Gasteiger partial charge in [-0.05, 0) is 25.1 Å². The smallest absolute Gasteiger partial charge is 0.222 e. The highest BCUT2D eigenvalue weighted by Gasteiger charge is 2.12. The highest BCUT2D eigenvalue weighted by Crippen LogP contribution is 2.34. The molecule has 3 aromatic rings. The first-order chi connectivity index (χ1) is 8.15. The number of rotatable bonds is 1. The molecule has 2 aromatic heterocycles. The van der Waals surface area contributed by atoms with Gasteiger partial charge in [-0.25, -0.2) is 0 Å². The SMILES string of the molecule is Cc1cc2c(Cl)c(-c3cc(N)on3)ccc2[nH]1. The summed E-state index contributed by atoms with van der Waals surface area (Å²) in [6.07, 6.45) is 0. The van der Waals surface area contributed by atoms with E-state index < -0.39 is 0 Å². The van der Waals surface area contributed by atoms with Crippen molar-refractivity contribution in [3.05, 3.63) is 35.0 Å². The lowest BCUT2D eigenvalue weighted by Crippen LogP contribution is -1.80. The number of nitrogens with two attached hydrogens (primary N) is 1. The van der Waals surface area contributed by atoms with Crippen molar-refractivity contribution in [2.24, 2.45) is 0 Å². The van der Waals surface area contributed by atoms with Crippen molar-refractivity contribution < 1.29 is 4.52 Å². The first-order valence-corrected chi connectivity index (χ1v) is 5.53. The van der Waals surface area contributed by atoms with Crippen LogP contribution in [0.3, 0.4) is 0 Å². The number of nitrogen functional groups attached to an aromatic ring is 1. The van der Waals surface area contributed by atoms with Crippen LogP contribution in [0.25, 0.3) is 22.2 Å². The molecule has 0 spiro atoms. The minimum absolute atomic E-state index is 0.279. The molecule has 0 saturated heterocycles. The molecule has 0 aliphatic heterocycles. The molecule has 0 amide bonds. The molecule has 17 heavy (non-hydrogen) atoms. The van der Waals surface area contributed by atoms with E-state index in [0.29, 0.717) is 10.7 Å². The lowest BCUT2D eigenvalue weighted by atomic mass is 10.1. The summed E-state index contributed by atoms with van der Waals surface area (Å²) < 4.78 is 4.85. The van der Waals surface area contributed by atoms with Gasteiger partial charge in [-0.1, -0.05) is 16.8 Å². The molecule has 0 unspecified atom stereocenters. The third-order valence-electron chi connectivity index (χ3n) is 2.68. The van der Waals surface area contributed by atoms with Crippen LogP contribution in [0.5, 0.6) is 0 Å². The number of aryl methyl sites for hydroxylation is 1. The molecule has 0 bridgehead atoms. The van der Waals surface area contributed by atoms with E-state index in [1.54, 1.807) is 6.07 Å². The van der Waals surface area contributed by atoms with Crippen LogP contribution in [0.1, 0.15) is 5.69 Å². The first-order valence-electron chi connectivity index (χ1n) is 5.15. The second kappa shape index (κ2) is 3.53. The Morgan fingerprint density at radius 3 is 2.88 bits per heavy atom. The van der Waals surface area contributed by atoms with Crippen molar-refractivity contribution >= 4 is 28.4 Å². The van der Waals surface area contributed by atoms with Crippen molar-refractivity contribution in [1.29, 1.82) is 0 Å². The van der Waals surface area contributed by atoms with Gasteiger partial charge in [0.05, 0.1) is 5.02 Å². The number of hydrogen-bond donors (Lipinski definition) is 2. The molecule has 0 aliphatic rings. The summed E-state index contributed by atoms with van der Waals surface area (Å²) in [5.41, 5.74) is 9.04. The van der Waals surface area contributed by atoms with Crippen LogP contribution in [-0.2, 0) is 0 Å². The minimum Gasteiger partial charge on any atom is -0.368 e. The Morgan fingerprint density at radius 2 is 2.18 bits per heavy atom. The van der Waals surface area contributed by atoms with Crippen molar-refractivity contribution in [2.45, 2.75) is 6.92 Å². The van der Waals surface area contributed by atoms with E-state index in [2.05, 4.69) is 10.1 Å². The molecule has 86 valence electrons. The number of nitrogens with zero attached hydrogens (tertiary/aromatic N) is 1. The molecule has 5 heteroatoms. The van der Waals surface area contributed by atoms with Gasteiger partial charge in [0, 0.05) is 28.2 Å². The summed E-state index contributed by atoms with van der Waals surface area (Å²) in [5.74, 6) is 0.279. The Bertz CT molecular complexity index is 699. The fraction of sp³-hybridized carbons (Fsp3) is 0.0833. The summed E-state index contributed by atoms with van der Waals surface area (Å²) in [4.78, 5) is 3.23. The maximum atomic E-state index is 6.36. The van der Waals surface area contributed by atoms with Gasteiger partial charge in [-0.15, -0.1) is 0 Å². The predicted octanol–water partition coefficient (Wildman–Crippen LogP) is 3.37. The third kappa shape index (κ3) is 1.57. The maximum absolute atomic E-state index is 6.36. The van der Waals surface area contributed by atoms with E-state index in [1.807, 2.05) is 25.1 Å². The molecule has 4 nitrogen and oxygen atoms in total. The molecule has 1 aromatic carbocycles. The monoisotopic (exact) mass is 247 g/mol. The van der Waals surface area contributed by atoms with Crippen molar-refractivity contribution in [2.75, 3.05) is 5.73 Å². The van der Waals surface area contributed by atoms with Crippen molar-refractivity contribution in [3.8, 4) is 11.3 Å². The molecule has 0 fully saturated rings. The fourth-order valence-corrected chi connectivity index (χ4v) is 2.24. The van der Waals surface area contributed by atoms with Gasteiger partial charge in [-0.2, -0.15) is 0 Å². The number of H-pyrrole nitrogens is 1. The third-order valence-corrected chi connectivity index (χ3v) is 3.08. The molecule has 0 saturated carbocycles. The number of halogens is 1. The van der Waals surface area contributed by atoms with Gasteiger partial charge in [0.2, 0.25) is 5.88 Å². The highest BCUT2D eigenvalue weighted by atomic mass is 35.5. The number of aromatic amines is 1. The van der Waals surface area contributed by atoms with Gasteiger partial charge < -0.3 is 15.2 Å². The zero-order valence-corrected chi connectivity index (χ0v) is 9.88. The molecule has 2 heterocycles. The Hall–Kier alpha value is -1.94. The number of aromatic nitrogens is 2. The topological polar surface area (TPSA) is 67.8 Å². The predicted molar refractivity (Wildman–Crippen MR) is 68.0 cm³/mol. The largest absolute Gasteiger partial charge is 0.368 e. The van der Waals surface area contributed by atoms with Gasteiger partial charge in [0.15, 0.2) is 0 Å². The molecule has 3 rings (SSSR count). The molecule has 0 aliphatic carbocycles. The van der Waals surface area contributed by atoms with E-state index in [1.165, 1.54) is 0 Å². The number of hydrogen-bond acceptors (Lipinski definition) is 3. The lowest BCUT2D eigenvalue weighted by Gasteiger charge is -2.00. The number of fused-ring (bicyclic) bond motifs is 1. The lowest BCUT2D eigenvalue weighted by molar-refractivity contribution is 0.439. The van der Waals surface area contributed by atoms with E-state index in [-0.39, 0.29) is 5.88 Å². The quantitative estimate of drug-likeness (QED) is 0.693. The van der Waals surface area contributed by atoms with E-state index >= 15 is 0 Å². The van der Waals surface area contributed by atoms with E-state index in [9.17, 15) is 0 Å². The average Bonchev–Trinajstić information content (AvgIpc) is 2.85. The molecular weight excluding hydrogens is 238 g/mol. The van der Waals surface area contributed by atoms with Crippen LogP contribution in [-0.4, -0.2) is 10.1 Å². The zero-order chi connectivity index (χ0) is 12.0. The molecule has 0 radical (unpaired) electrons. The van der Waals surface area contributed by atoms with Gasteiger partial charge in [0.1, 0.15) is 5.69 Å². The summed E-state index contributed by atoms with van der Waals surface area (Å²) in [7, 11) is 0. The van der Waals surface area contributed by atoms with E-state index in [0.717, 1.165) is 22.2 Å². The molecule has 3 N–H and O–H groups in total. The van der Waals surface area contributed by atoms with Crippen LogP contribution in [0.4, 0.5) is 5.88 Å². The average molecular weight is 248 g/mol. The van der Waals surface area contributed by atoms with Crippen molar-refractivity contribution in [1.82, 2.24) is 10.1 Å². The zero-order valence-electron chi connectivity index (χ0n) is 9.12. The molecular formula is C12H10ClN3O. The minimum atomic E-state index is 0.279. The summed E-state index contributed by atoms with van der Waals surface area (Å²) >= 11 is 6.36. The highest BCUT2D eigenvalue weighted by molar-refractivity contribution is 6.38. The standard InChI is InChI=1S/C12H10ClN3O/c1-6-4-8-9(15-6)3-2-7(12(8)13)10-5-11(14)17-16-10/h2-5,15H,14H2,1H3.